The van der Waals surface area contributed by atoms with Crippen molar-refractivity contribution >= 4 is 38.0 Å². The predicted molar refractivity (Wildman–Crippen MR) is 138 cm³/mol. The van der Waals surface area contributed by atoms with Crippen LogP contribution in [-0.2, 0) is 27.9 Å². The number of nitrogens with zero attached hydrogens (tertiary/aromatic N) is 2. The molecule has 0 N–H and O–H groups in total. The lowest BCUT2D eigenvalue weighted by Crippen LogP contribution is -2.42. The highest BCUT2D eigenvalue weighted by Gasteiger charge is 2.29. The van der Waals surface area contributed by atoms with Crippen LogP contribution in [0.4, 0.5) is 0 Å². The van der Waals surface area contributed by atoms with Gasteiger partial charge in [0, 0.05) is 23.4 Å². The van der Waals surface area contributed by atoms with Gasteiger partial charge in [0.2, 0.25) is 15.9 Å². The molecular weight excluding hydrogens is 464 g/mol. The summed E-state index contributed by atoms with van der Waals surface area (Å²) in [6, 6.07) is 26.2. The lowest BCUT2D eigenvalue weighted by molar-refractivity contribution is -0.132. The van der Waals surface area contributed by atoms with Crippen molar-refractivity contribution < 1.29 is 13.2 Å². The number of carbonyl (C=O) groups is 1. The first-order valence-electron chi connectivity index (χ1n) is 10.9. The molecule has 0 aliphatic rings. The molecular formula is C27H26N2O3S2. The highest BCUT2D eigenvalue weighted by Crippen LogP contribution is 2.26. The average molecular weight is 491 g/mol. The molecule has 0 aliphatic carbocycles. The van der Waals surface area contributed by atoms with Crippen LogP contribution in [0.25, 0.3) is 10.8 Å². The second-order valence-corrected chi connectivity index (χ2v) is 10.8. The van der Waals surface area contributed by atoms with E-state index in [2.05, 4.69) is 6.58 Å². The van der Waals surface area contributed by atoms with Crippen molar-refractivity contribution in [3.63, 3.8) is 0 Å². The minimum Gasteiger partial charge on any atom is -0.332 e. The molecule has 1 heterocycles. The van der Waals surface area contributed by atoms with Crippen LogP contribution >= 0.6 is 11.3 Å². The van der Waals surface area contributed by atoms with Gasteiger partial charge in [-0.2, -0.15) is 4.31 Å². The summed E-state index contributed by atoms with van der Waals surface area (Å²) in [5, 5.41) is 3.43. The molecule has 0 saturated carbocycles. The van der Waals surface area contributed by atoms with Crippen LogP contribution in [0, 0.1) is 0 Å². The summed E-state index contributed by atoms with van der Waals surface area (Å²) in [4.78, 5) is 16.4. The Morgan fingerprint density at radius 3 is 2.35 bits per heavy atom. The third kappa shape index (κ3) is 5.44. The minimum absolute atomic E-state index is 0.0372. The SMILES string of the molecule is C=CCN(CC(=O)N(Cc1ccccc1)Cc1cccs1)S(=O)(=O)c1cccc2ccccc12. The summed E-state index contributed by atoms with van der Waals surface area (Å²) in [5.41, 5.74) is 0.986. The van der Waals surface area contributed by atoms with Crippen molar-refractivity contribution in [2.45, 2.75) is 18.0 Å². The predicted octanol–water partition coefficient (Wildman–Crippen LogP) is 5.31. The third-order valence-electron chi connectivity index (χ3n) is 5.51. The summed E-state index contributed by atoms with van der Waals surface area (Å²) in [5.74, 6) is -0.261. The number of carbonyl (C=O) groups excluding carboxylic acids is 1. The first-order valence-corrected chi connectivity index (χ1v) is 13.2. The van der Waals surface area contributed by atoms with E-state index in [-0.39, 0.29) is 23.9 Å². The fourth-order valence-electron chi connectivity index (χ4n) is 3.83. The summed E-state index contributed by atoms with van der Waals surface area (Å²) in [6.07, 6.45) is 1.51. The number of sulfonamides is 1. The van der Waals surface area contributed by atoms with Gasteiger partial charge in [-0.15, -0.1) is 17.9 Å². The Kier molecular flexibility index (Phi) is 7.57. The summed E-state index contributed by atoms with van der Waals surface area (Å²) >= 11 is 1.57. The number of hydrogen-bond acceptors (Lipinski definition) is 4. The van der Waals surface area contributed by atoms with E-state index in [1.54, 1.807) is 34.4 Å². The zero-order valence-electron chi connectivity index (χ0n) is 18.7. The zero-order chi connectivity index (χ0) is 24.0. The number of hydrogen-bond donors (Lipinski definition) is 0. The van der Waals surface area contributed by atoms with Gasteiger partial charge in [-0.25, -0.2) is 8.42 Å². The Morgan fingerprint density at radius 2 is 1.62 bits per heavy atom. The molecule has 0 spiro atoms. The molecule has 0 atom stereocenters. The van der Waals surface area contributed by atoms with Crippen LogP contribution in [0.2, 0.25) is 0 Å². The Hall–Kier alpha value is -3.26. The van der Waals surface area contributed by atoms with E-state index in [4.69, 9.17) is 0 Å². The van der Waals surface area contributed by atoms with Gasteiger partial charge in [-0.1, -0.05) is 78.9 Å². The molecule has 0 bridgehead atoms. The quantitative estimate of drug-likeness (QED) is 0.283. The normalized spacial score (nSPS) is 11.6. The van der Waals surface area contributed by atoms with E-state index < -0.39 is 10.0 Å². The molecule has 4 aromatic rings. The molecule has 1 aromatic heterocycles. The van der Waals surface area contributed by atoms with E-state index in [1.165, 1.54) is 10.4 Å². The lowest BCUT2D eigenvalue weighted by Gasteiger charge is -2.27. The third-order valence-corrected chi connectivity index (χ3v) is 8.24. The maximum Gasteiger partial charge on any atom is 0.244 e. The molecule has 0 unspecified atom stereocenters. The van der Waals surface area contributed by atoms with Gasteiger partial charge in [-0.05, 0) is 28.5 Å². The smallest absolute Gasteiger partial charge is 0.244 e. The van der Waals surface area contributed by atoms with E-state index in [1.807, 2.05) is 72.1 Å². The van der Waals surface area contributed by atoms with Gasteiger partial charge in [-0.3, -0.25) is 4.79 Å². The molecule has 0 saturated heterocycles. The van der Waals surface area contributed by atoms with Crippen LogP contribution < -0.4 is 0 Å². The van der Waals surface area contributed by atoms with Crippen molar-refractivity contribution in [3.8, 4) is 0 Å². The van der Waals surface area contributed by atoms with E-state index >= 15 is 0 Å². The van der Waals surface area contributed by atoms with Gasteiger partial charge < -0.3 is 4.90 Å². The topological polar surface area (TPSA) is 57.7 Å². The average Bonchev–Trinajstić information content (AvgIpc) is 3.37. The Bertz CT molecular complexity index is 1360. The number of thiophene rings is 1. The van der Waals surface area contributed by atoms with Gasteiger partial charge in [0.25, 0.3) is 0 Å². The van der Waals surface area contributed by atoms with Crippen molar-refractivity contribution in [2.75, 3.05) is 13.1 Å². The highest BCUT2D eigenvalue weighted by atomic mass is 32.2. The molecule has 0 aliphatic heterocycles. The highest BCUT2D eigenvalue weighted by molar-refractivity contribution is 7.89. The molecule has 1 amide bonds. The van der Waals surface area contributed by atoms with Crippen LogP contribution in [0.15, 0.2) is 108 Å². The van der Waals surface area contributed by atoms with Gasteiger partial charge in [0.1, 0.15) is 0 Å². The lowest BCUT2D eigenvalue weighted by atomic mass is 10.1. The first-order chi connectivity index (χ1) is 16.5. The van der Waals surface area contributed by atoms with Gasteiger partial charge in [0.15, 0.2) is 0 Å². The minimum atomic E-state index is -3.94. The number of rotatable bonds is 10. The molecule has 3 aromatic carbocycles. The Morgan fingerprint density at radius 1 is 0.882 bits per heavy atom. The molecule has 0 fully saturated rings. The molecule has 34 heavy (non-hydrogen) atoms. The molecule has 5 nitrogen and oxygen atoms in total. The van der Waals surface area contributed by atoms with E-state index in [9.17, 15) is 13.2 Å². The fraction of sp³-hybridized carbons (Fsp3) is 0.148. The standard InChI is InChI=1S/C27H26N2O3S2/c1-2-17-29(34(31,32)26-16-8-13-23-12-6-7-15-25(23)26)21-27(30)28(20-24-14-9-18-33-24)19-22-10-4-3-5-11-22/h2-16,18H,1,17,19-21H2. The van der Waals surface area contributed by atoms with Crippen LogP contribution in [0.1, 0.15) is 10.4 Å². The van der Waals surface area contributed by atoms with Crippen LogP contribution in [-0.4, -0.2) is 36.6 Å². The molecule has 4 rings (SSSR count). The maximum atomic E-state index is 13.7. The second-order valence-electron chi connectivity index (χ2n) is 7.88. The molecule has 7 heteroatoms. The molecule has 174 valence electrons. The second kappa shape index (κ2) is 10.8. The van der Waals surface area contributed by atoms with Crippen molar-refractivity contribution in [1.29, 1.82) is 0 Å². The van der Waals surface area contributed by atoms with Crippen molar-refractivity contribution in [2.24, 2.45) is 0 Å². The Balaban J connectivity index is 1.64. The van der Waals surface area contributed by atoms with Crippen molar-refractivity contribution in [1.82, 2.24) is 9.21 Å². The number of amides is 1. The van der Waals surface area contributed by atoms with Crippen LogP contribution in [0.5, 0.6) is 0 Å². The zero-order valence-corrected chi connectivity index (χ0v) is 20.3. The van der Waals surface area contributed by atoms with E-state index in [0.29, 0.717) is 18.5 Å². The number of benzene rings is 3. The van der Waals surface area contributed by atoms with Gasteiger partial charge in [0.05, 0.1) is 18.0 Å². The maximum absolute atomic E-state index is 13.7. The Labute approximate surface area is 204 Å². The van der Waals surface area contributed by atoms with Crippen molar-refractivity contribution in [3.05, 3.63) is 113 Å². The fourth-order valence-corrected chi connectivity index (χ4v) is 6.12. The largest absolute Gasteiger partial charge is 0.332 e. The summed E-state index contributed by atoms with van der Waals surface area (Å²) < 4.78 is 28.6. The molecule has 0 radical (unpaired) electrons. The summed E-state index contributed by atoms with van der Waals surface area (Å²) in [7, 11) is -3.94. The summed E-state index contributed by atoms with van der Waals surface area (Å²) in [6.45, 7) is 4.31. The van der Waals surface area contributed by atoms with Crippen LogP contribution in [0.3, 0.4) is 0 Å². The van der Waals surface area contributed by atoms with E-state index in [0.717, 1.165) is 15.8 Å². The number of fused-ring (bicyclic) bond motifs is 1. The first kappa shape index (κ1) is 23.9. The monoisotopic (exact) mass is 490 g/mol. The van der Waals surface area contributed by atoms with Gasteiger partial charge >= 0.3 is 0 Å².